The third kappa shape index (κ3) is 13.1. The molecule has 0 unspecified atom stereocenters. The van der Waals surface area contributed by atoms with E-state index >= 15 is 0 Å². The van der Waals surface area contributed by atoms with E-state index in [0.717, 1.165) is 39.3 Å². The zero-order chi connectivity index (χ0) is 59.0. The average molecular weight is 1130 g/mol. The number of nitrogens with one attached hydrogen (secondary N) is 5. The van der Waals surface area contributed by atoms with E-state index in [1.165, 1.54) is 7.11 Å². The van der Waals surface area contributed by atoms with Crippen LogP contribution in [0.5, 0.6) is 0 Å². The molecule has 0 aliphatic carbocycles. The lowest BCUT2D eigenvalue weighted by molar-refractivity contribution is -0.158. The summed E-state index contributed by atoms with van der Waals surface area (Å²) < 4.78 is 11.1. The lowest BCUT2D eigenvalue weighted by atomic mass is 9.85. The van der Waals surface area contributed by atoms with Gasteiger partial charge in [0.05, 0.1) is 48.4 Å². The van der Waals surface area contributed by atoms with E-state index in [0.29, 0.717) is 62.7 Å². The van der Waals surface area contributed by atoms with Gasteiger partial charge in [-0.25, -0.2) is 10.6 Å². The summed E-state index contributed by atoms with van der Waals surface area (Å²) in [7, 11) is -1.04. The number of benzene rings is 3. The third-order valence-corrected chi connectivity index (χ3v) is 20.6. The van der Waals surface area contributed by atoms with Gasteiger partial charge in [-0.2, -0.15) is 0 Å². The number of rotatable bonds is 20. The van der Waals surface area contributed by atoms with Gasteiger partial charge in [0.15, 0.2) is 5.78 Å². The van der Waals surface area contributed by atoms with Crippen molar-refractivity contribution in [2.75, 3.05) is 19.8 Å². The molecule has 6 aromatic rings. The third-order valence-electron chi connectivity index (χ3n) is 16.1. The minimum Gasteiger partial charge on any atom is -0.469 e. The number of aryl methyl sites for hydroxylation is 2. The second kappa shape index (κ2) is 26.0. The molecule has 8 bridgehead atoms. The summed E-state index contributed by atoms with van der Waals surface area (Å²) in [5.74, 6) is 2.76. The van der Waals surface area contributed by atoms with Gasteiger partial charge in [-0.15, -0.1) is 0 Å². The summed E-state index contributed by atoms with van der Waals surface area (Å²) in [6, 6.07) is 35.7. The molecule has 0 fully saturated rings. The number of nitrogens with zero attached hydrogens (tertiary/aromatic N) is 2. The smallest absolute Gasteiger partial charge is 0.329 e. The Morgan fingerprint density at radius 1 is 0.720 bits per heavy atom. The summed E-state index contributed by atoms with van der Waals surface area (Å²) in [6.45, 7) is 17.0. The van der Waals surface area contributed by atoms with Crippen molar-refractivity contribution in [3.63, 3.8) is 0 Å². The number of methoxy groups -OCH3 is 1. The SMILES string of the molecule is CC[C@H]1c2cc3[nH]c(c(CC(=O)OC)c4nc(cc5[nH]c(cc(n2)[C@@H]1C)c(C(C)=O)c5C)[C@@H](C)[C@@H]4CCC(=O)NCCC[C@H](NC(=O)CC[P+](c1ccccc1)(c1ccccc1)c1ccccc1)C(=O)OC(C)(C)C)c(C(=O)NN)c3C. The van der Waals surface area contributed by atoms with E-state index in [1.807, 2.05) is 93.6 Å². The minimum absolute atomic E-state index is 0.00590. The maximum atomic E-state index is 14.2. The van der Waals surface area contributed by atoms with E-state index in [9.17, 15) is 28.8 Å². The Balaban J connectivity index is 1.07. The number of carbonyl (C=O) groups excluding carboxylic acids is 6. The van der Waals surface area contributed by atoms with Gasteiger partial charge < -0.3 is 30.1 Å². The number of aromatic nitrogens is 4. The molecule has 8 rings (SSSR count). The number of ether oxygens (including phenoxy) is 2. The van der Waals surface area contributed by atoms with Crippen molar-refractivity contribution in [3.8, 4) is 0 Å². The summed E-state index contributed by atoms with van der Waals surface area (Å²) in [5, 5.41) is 9.50. The topological polar surface area (TPSA) is 240 Å². The molecule has 3 amide bonds. The number of nitrogens with two attached hydrogens (primary N) is 1. The van der Waals surface area contributed by atoms with Crippen LogP contribution in [-0.4, -0.2) is 86.8 Å². The van der Waals surface area contributed by atoms with Crippen LogP contribution in [0.3, 0.4) is 0 Å². The van der Waals surface area contributed by atoms with Gasteiger partial charge >= 0.3 is 11.9 Å². The second-order valence-electron chi connectivity index (χ2n) is 22.6. The summed E-state index contributed by atoms with van der Waals surface area (Å²) in [4.78, 5) is 100. The number of Topliss-reactive ketones (excluding diaryl/α,β-unsaturated/α-hetero) is 1. The van der Waals surface area contributed by atoms with E-state index in [2.05, 4.69) is 76.3 Å². The highest BCUT2D eigenvalue weighted by Gasteiger charge is 2.46. The van der Waals surface area contributed by atoms with Crippen molar-refractivity contribution in [2.24, 2.45) is 5.84 Å². The molecule has 2 aliphatic heterocycles. The molecule has 16 nitrogen and oxygen atoms in total. The fourth-order valence-corrected chi connectivity index (χ4v) is 16.1. The van der Waals surface area contributed by atoms with Crippen molar-refractivity contribution in [1.29, 1.82) is 0 Å². The number of esters is 2. The molecular formula is C65H78N8O8P+. The number of carbonyl (C=O) groups is 6. The zero-order valence-corrected chi connectivity index (χ0v) is 49.7. The number of hydrazine groups is 1. The normalized spacial score (nSPS) is 16.4. The molecule has 17 heteroatoms. The molecular weight excluding hydrogens is 1050 g/mol. The van der Waals surface area contributed by atoms with Gasteiger partial charge in [0.25, 0.3) is 5.91 Å². The maximum absolute atomic E-state index is 14.2. The van der Waals surface area contributed by atoms with Gasteiger partial charge in [-0.3, -0.25) is 39.4 Å². The molecule has 82 heavy (non-hydrogen) atoms. The lowest BCUT2D eigenvalue weighted by Gasteiger charge is -2.28. The highest BCUT2D eigenvalue weighted by Crippen LogP contribution is 2.56. The number of hydrogen-bond donors (Lipinski definition) is 6. The molecule has 3 aromatic heterocycles. The number of H-pyrrole nitrogens is 2. The second-order valence-corrected chi connectivity index (χ2v) is 26.2. The summed E-state index contributed by atoms with van der Waals surface area (Å²) in [6.07, 6.45) is 2.06. The van der Waals surface area contributed by atoms with Crippen LogP contribution in [0, 0.1) is 13.8 Å². The van der Waals surface area contributed by atoms with Crippen LogP contribution in [0.15, 0.2) is 109 Å². The first-order valence-corrected chi connectivity index (χ1v) is 30.4. The standard InChI is InChI=1S/C65H77N8O8P/c1-11-46-38(2)50-37-55-59(42(6)74)40(4)52(69-55)35-51-39(3)47(61(71-51)48(34-58(77)80-10)62-60(63(78)73-66)41(5)53(72-62)36-54(46)68-50)29-30-56(75)67-32-21-28-49(64(79)81-65(7,8)9)70-57(76)31-33-82(43-22-15-12-16-23-43,44-24-17-13-18-25-44)45-26-19-14-20-27-45/h12-20,22-27,35-39,46-47,49H,11,21,28-34H2,1-10H3,(H6-,66,67,68,69,70,71,72,73,74,75,76,78)/p+1/t38-,39+,46-,47+,49+/m1/s1. The first-order valence-electron chi connectivity index (χ1n) is 28.4. The average Bonchev–Trinajstić information content (AvgIpc) is 4.17. The Morgan fingerprint density at radius 2 is 1.27 bits per heavy atom. The predicted octanol–water partition coefficient (Wildman–Crippen LogP) is 9.53. The number of ketones is 1. The van der Waals surface area contributed by atoms with E-state index < -0.39 is 42.7 Å². The molecule has 0 saturated carbocycles. The van der Waals surface area contributed by atoms with Gasteiger partial charge in [-0.05, 0) is 133 Å². The molecule has 0 spiro atoms. The monoisotopic (exact) mass is 1130 g/mol. The van der Waals surface area contributed by atoms with Crippen LogP contribution in [0.4, 0.5) is 0 Å². The molecule has 3 aromatic carbocycles. The summed E-state index contributed by atoms with van der Waals surface area (Å²) >= 11 is 0. The van der Waals surface area contributed by atoms with Crippen molar-refractivity contribution >= 4 is 80.7 Å². The molecule has 430 valence electrons. The number of aromatic amines is 2. The van der Waals surface area contributed by atoms with Crippen LogP contribution in [0.2, 0.25) is 0 Å². The Morgan fingerprint density at radius 3 is 1.83 bits per heavy atom. The number of hydrogen-bond acceptors (Lipinski definition) is 11. The fourth-order valence-electron chi connectivity index (χ4n) is 11.9. The quantitative estimate of drug-likeness (QED) is 0.00800. The van der Waals surface area contributed by atoms with Gasteiger partial charge in [0, 0.05) is 75.9 Å². The number of amides is 3. The van der Waals surface area contributed by atoms with Crippen LogP contribution < -0.4 is 37.8 Å². The molecule has 0 radical (unpaired) electrons. The van der Waals surface area contributed by atoms with E-state index in [4.69, 9.17) is 25.3 Å². The van der Waals surface area contributed by atoms with Gasteiger partial charge in [0.2, 0.25) is 11.8 Å². The number of fused-ring (bicyclic) bond motifs is 8. The van der Waals surface area contributed by atoms with Crippen molar-refractivity contribution in [1.82, 2.24) is 36.0 Å². The zero-order valence-electron chi connectivity index (χ0n) is 48.8. The first-order chi connectivity index (χ1) is 39.2. The van der Waals surface area contributed by atoms with Crippen molar-refractivity contribution in [3.05, 3.63) is 160 Å². The summed E-state index contributed by atoms with van der Waals surface area (Å²) in [5.41, 5.74) is 8.98. The molecule has 0 saturated heterocycles. The largest absolute Gasteiger partial charge is 0.469 e. The lowest BCUT2D eigenvalue weighted by Crippen LogP contribution is -2.45. The van der Waals surface area contributed by atoms with Gasteiger partial charge in [0.1, 0.15) is 34.8 Å². The molecule has 5 atom stereocenters. The fraction of sp³-hybridized carbons (Fsp3) is 0.385. The Bertz CT molecular complexity index is 3420. The Kier molecular flexibility index (Phi) is 19.1. The van der Waals surface area contributed by atoms with Crippen molar-refractivity contribution < 1.29 is 38.2 Å². The van der Waals surface area contributed by atoms with Crippen LogP contribution in [0.1, 0.15) is 171 Å². The maximum Gasteiger partial charge on any atom is 0.329 e. The molecule has 5 heterocycles. The molecule has 2 aliphatic rings. The number of nitrogen functional groups attached to an aromatic ring is 1. The minimum atomic E-state index is -2.34. The Labute approximate surface area is 480 Å². The highest BCUT2D eigenvalue weighted by molar-refractivity contribution is 7.95. The van der Waals surface area contributed by atoms with Crippen LogP contribution >= 0.6 is 7.26 Å². The highest BCUT2D eigenvalue weighted by atomic mass is 31.2. The predicted molar refractivity (Wildman–Crippen MR) is 324 cm³/mol. The van der Waals surface area contributed by atoms with E-state index in [-0.39, 0.29) is 79.6 Å². The first kappa shape index (κ1) is 60.3. The van der Waals surface area contributed by atoms with Gasteiger partial charge in [-0.1, -0.05) is 75.4 Å². The molecule has 7 N–H and O–H groups in total. The van der Waals surface area contributed by atoms with Crippen LogP contribution in [0.25, 0.3) is 22.1 Å². The Hall–Kier alpha value is -7.81. The van der Waals surface area contributed by atoms with Crippen LogP contribution in [-0.2, 0) is 35.1 Å². The van der Waals surface area contributed by atoms with E-state index in [1.54, 1.807) is 27.7 Å². The van der Waals surface area contributed by atoms with Crippen molar-refractivity contribution in [2.45, 2.75) is 143 Å².